The van der Waals surface area contributed by atoms with Gasteiger partial charge < -0.3 is 19.3 Å². The first kappa shape index (κ1) is 23.3. The Hall–Kier alpha value is -3.88. The molecule has 0 saturated carbocycles. The summed E-state index contributed by atoms with van der Waals surface area (Å²) in [6.07, 6.45) is 3.15. The van der Waals surface area contributed by atoms with Crippen LogP contribution in [0, 0.1) is 0 Å². The topological polar surface area (TPSA) is 89.8 Å². The van der Waals surface area contributed by atoms with E-state index in [9.17, 15) is 9.59 Å². The fourth-order valence-corrected chi connectivity index (χ4v) is 4.04. The van der Waals surface area contributed by atoms with Crippen LogP contribution in [0.15, 0.2) is 54.9 Å². The summed E-state index contributed by atoms with van der Waals surface area (Å²) in [6, 6.07) is 13.4. The van der Waals surface area contributed by atoms with Crippen LogP contribution >= 0.6 is 0 Å². The minimum Gasteiger partial charge on any atom is -0.497 e. The monoisotopic (exact) mass is 463 g/mol. The largest absolute Gasteiger partial charge is 0.497 e. The summed E-state index contributed by atoms with van der Waals surface area (Å²) >= 11 is 0. The van der Waals surface area contributed by atoms with Crippen LogP contribution in [0.5, 0.6) is 5.75 Å². The molecule has 1 fully saturated rings. The van der Waals surface area contributed by atoms with Gasteiger partial charge in [0.1, 0.15) is 11.3 Å². The molecule has 4 rings (SSSR count). The number of methoxy groups -OCH3 is 1. The standard InChI is InChI=1S/C25H29N5O4/c1-18(2)24-21(16-27-30(24)22-6-4-5-11-26-22)25(32)34-17-23(31)29-14-12-28(13-15-29)19-7-9-20(33-3)10-8-19/h4-11,16,18H,12-15,17H2,1-3H3. The van der Waals surface area contributed by atoms with Crippen LogP contribution in [0.1, 0.15) is 35.8 Å². The molecule has 1 aliphatic heterocycles. The number of nitrogens with zero attached hydrogens (tertiary/aromatic N) is 5. The third-order valence-electron chi connectivity index (χ3n) is 5.84. The molecule has 0 unspecified atom stereocenters. The van der Waals surface area contributed by atoms with Gasteiger partial charge in [0.15, 0.2) is 12.4 Å². The number of benzene rings is 1. The number of aromatic nitrogens is 3. The van der Waals surface area contributed by atoms with Gasteiger partial charge >= 0.3 is 5.97 Å². The molecule has 3 aromatic rings. The molecule has 178 valence electrons. The van der Waals surface area contributed by atoms with Crippen LogP contribution in [0.3, 0.4) is 0 Å². The van der Waals surface area contributed by atoms with Crippen molar-refractivity contribution in [1.29, 1.82) is 0 Å². The van der Waals surface area contributed by atoms with Crippen molar-refractivity contribution in [2.45, 2.75) is 19.8 Å². The van der Waals surface area contributed by atoms with Gasteiger partial charge in [-0.1, -0.05) is 19.9 Å². The predicted molar refractivity (Wildman–Crippen MR) is 128 cm³/mol. The zero-order valence-electron chi connectivity index (χ0n) is 19.7. The summed E-state index contributed by atoms with van der Waals surface area (Å²) in [7, 11) is 1.64. The van der Waals surface area contributed by atoms with E-state index in [1.54, 1.807) is 22.9 Å². The number of rotatable bonds is 7. The fourth-order valence-electron chi connectivity index (χ4n) is 4.04. The number of amides is 1. The number of hydrogen-bond acceptors (Lipinski definition) is 7. The lowest BCUT2D eigenvalue weighted by molar-refractivity contribution is -0.134. The Morgan fingerprint density at radius 1 is 1.03 bits per heavy atom. The van der Waals surface area contributed by atoms with E-state index in [2.05, 4.69) is 15.0 Å². The van der Waals surface area contributed by atoms with Crippen molar-refractivity contribution in [2.75, 3.05) is 44.8 Å². The maximum absolute atomic E-state index is 12.8. The van der Waals surface area contributed by atoms with Crippen LogP contribution in [0.4, 0.5) is 5.69 Å². The number of ether oxygens (including phenoxy) is 2. The van der Waals surface area contributed by atoms with Gasteiger partial charge in [-0.3, -0.25) is 4.79 Å². The molecule has 1 saturated heterocycles. The van der Waals surface area contributed by atoms with Gasteiger partial charge in [0.25, 0.3) is 5.91 Å². The average Bonchev–Trinajstić information content (AvgIpc) is 3.34. The second-order valence-corrected chi connectivity index (χ2v) is 8.34. The van der Waals surface area contributed by atoms with Crippen molar-refractivity contribution < 1.29 is 19.1 Å². The number of pyridine rings is 1. The molecule has 1 amide bonds. The summed E-state index contributed by atoms with van der Waals surface area (Å²) < 4.78 is 12.2. The maximum Gasteiger partial charge on any atom is 0.342 e. The Morgan fingerprint density at radius 2 is 1.76 bits per heavy atom. The molecule has 34 heavy (non-hydrogen) atoms. The van der Waals surface area contributed by atoms with Gasteiger partial charge in [-0.15, -0.1) is 0 Å². The molecule has 3 heterocycles. The van der Waals surface area contributed by atoms with Crippen LogP contribution in [-0.2, 0) is 9.53 Å². The third kappa shape index (κ3) is 5.03. The van der Waals surface area contributed by atoms with Crippen molar-refractivity contribution >= 4 is 17.6 Å². The second kappa shape index (κ2) is 10.4. The Morgan fingerprint density at radius 3 is 2.38 bits per heavy atom. The second-order valence-electron chi connectivity index (χ2n) is 8.34. The first-order valence-electron chi connectivity index (χ1n) is 11.3. The molecule has 0 bridgehead atoms. The lowest BCUT2D eigenvalue weighted by Crippen LogP contribution is -2.49. The summed E-state index contributed by atoms with van der Waals surface area (Å²) in [4.78, 5) is 33.8. The Bertz CT molecular complexity index is 1120. The van der Waals surface area contributed by atoms with E-state index in [4.69, 9.17) is 9.47 Å². The molecule has 9 heteroatoms. The van der Waals surface area contributed by atoms with Crippen molar-refractivity contribution in [1.82, 2.24) is 19.7 Å². The Labute approximate surface area is 198 Å². The molecule has 2 aromatic heterocycles. The highest BCUT2D eigenvalue weighted by atomic mass is 16.5. The number of carbonyl (C=O) groups is 2. The van der Waals surface area contributed by atoms with Gasteiger partial charge in [0, 0.05) is 38.1 Å². The number of hydrogen-bond donors (Lipinski definition) is 0. The minimum absolute atomic E-state index is 0.00814. The first-order chi connectivity index (χ1) is 16.5. The number of esters is 1. The first-order valence-corrected chi connectivity index (χ1v) is 11.3. The molecule has 0 aliphatic carbocycles. The number of piperazine rings is 1. The van der Waals surface area contributed by atoms with Gasteiger partial charge in [0.05, 0.1) is 19.0 Å². The smallest absolute Gasteiger partial charge is 0.342 e. The van der Waals surface area contributed by atoms with Crippen LogP contribution < -0.4 is 9.64 Å². The van der Waals surface area contributed by atoms with Crippen molar-refractivity contribution in [3.05, 3.63) is 66.1 Å². The quantitative estimate of drug-likeness (QED) is 0.498. The van der Waals surface area contributed by atoms with Crippen molar-refractivity contribution in [2.24, 2.45) is 0 Å². The third-order valence-corrected chi connectivity index (χ3v) is 5.84. The number of anilines is 1. The van der Waals surface area contributed by atoms with Gasteiger partial charge in [0.2, 0.25) is 0 Å². The molecular formula is C25H29N5O4. The highest BCUT2D eigenvalue weighted by molar-refractivity contribution is 5.92. The van der Waals surface area contributed by atoms with E-state index in [0.29, 0.717) is 43.3 Å². The molecular weight excluding hydrogens is 434 g/mol. The van der Waals surface area contributed by atoms with Crippen LogP contribution in [-0.4, -0.2) is 71.4 Å². The zero-order valence-corrected chi connectivity index (χ0v) is 19.7. The molecule has 1 aromatic carbocycles. The van der Waals surface area contributed by atoms with Gasteiger partial charge in [-0.2, -0.15) is 5.10 Å². The van der Waals surface area contributed by atoms with Crippen LogP contribution in [0.25, 0.3) is 5.82 Å². The highest BCUT2D eigenvalue weighted by Gasteiger charge is 2.25. The van der Waals surface area contributed by atoms with Gasteiger partial charge in [-0.05, 0) is 42.3 Å². The van der Waals surface area contributed by atoms with Crippen molar-refractivity contribution in [3.8, 4) is 11.6 Å². The van der Waals surface area contributed by atoms with E-state index in [0.717, 1.165) is 11.4 Å². The zero-order chi connectivity index (χ0) is 24.1. The summed E-state index contributed by atoms with van der Waals surface area (Å²) in [6.45, 7) is 6.20. The SMILES string of the molecule is COc1ccc(N2CCN(C(=O)COC(=O)c3cnn(-c4ccccn4)c3C(C)C)CC2)cc1. The summed E-state index contributed by atoms with van der Waals surface area (Å²) in [5, 5.41) is 4.34. The Balaban J connectivity index is 1.34. The average molecular weight is 464 g/mol. The van der Waals surface area contributed by atoms with E-state index in [1.165, 1.54) is 6.20 Å². The minimum atomic E-state index is -0.559. The Kier molecular flexibility index (Phi) is 7.10. The molecule has 9 nitrogen and oxygen atoms in total. The van der Waals surface area contributed by atoms with E-state index < -0.39 is 5.97 Å². The molecule has 0 spiro atoms. The van der Waals surface area contributed by atoms with E-state index >= 15 is 0 Å². The molecule has 1 aliphatic rings. The number of carbonyl (C=O) groups excluding carboxylic acids is 2. The van der Waals surface area contributed by atoms with E-state index in [-0.39, 0.29) is 18.4 Å². The highest BCUT2D eigenvalue weighted by Crippen LogP contribution is 2.23. The lowest BCUT2D eigenvalue weighted by atomic mass is 10.1. The molecule has 0 radical (unpaired) electrons. The fraction of sp³-hybridized carbons (Fsp3) is 0.360. The summed E-state index contributed by atoms with van der Waals surface area (Å²) in [5.41, 5.74) is 2.13. The summed E-state index contributed by atoms with van der Waals surface area (Å²) in [5.74, 6) is 0.678. The van der Waals surface area contributed by atoms with Gasteiger partial charge in [-0.25, -0.2) is 14.5 Å². The molecule has 0 atom stereocenters. The predicted octanol–water partition coefficient (Wildman–Crippen LogP) is 2.90. The maximum atomic E-state index is 12.8. The lowest BCUT2D eigenvalue weighted by Gasteiger charge is -2.36. The molecule has 0 N–H and O–H groups in total. The van der Waals surface area contributed by atoms with Crippen LogP contribution in [0.2, 0.25) is 0 Å². The van der Waals surface area contributed by atoms with Crippen molar-refractivity contribution in [3.63, 3.8) is 0 Å². The normalized spacial score (nSPS) is 13.8. The van der Waals surface area contributed by atoms with E-state index in [1.807, 2.05) is 56.3 Å².